The van der Waals surface area contributed by atoms with Gasteiger partial charge >= 0.3 is 0 Å². The van der Waals surface area contributed by atoms with Crippen molar-refractivity contribution in [2.45, 2.75) is 26.2 Å². The zero-order chi connectivity index (χ0) is 14.8. The highest BCUT2D eigenvalue weighted by Crippen LogP contribution is 2.11. The fourth-order valence-electron chi connectivity index (χ4n) is 1.64. The Morgan fingerprint density at radius 2 is 1.80 bits per heavy atom. The molecule has 5 heteroatoms. The number of rotatable bonds is 8. The van der Waals surface area contributed by atoms with Crippen LogP contribution < -0.4 is 15.4 Å². The number of ether oxygens (including phenoxy) is 1. The molecule has 0 heterocycles. The molecule has 20 heavy (non-hydrogen) atoms. The molecule has 0 saturated heterocycles. The topological polar surface area (TPSA) is 67.4 Å². The maximum absolute atomic E-state index is 11.7. The van der Waals surface area contributed by atoms with Gasteiger partial charge in [0.05, 0.1) is 20.1 Å². The molecule has 0 bridgehead atoms. The van der Waals surface area contributed by atoms with Gasteiger partial charge in [0.1, 0.15) is 5.75 Å². The lowest BCUT2D eigenvalue weighted by atomic mass is 10.1. The molecule has 0 unspecified atom stereocenters. The Labute approximate surface area is 119 Å². The lowest BCUT2D eigenvalue weighted by Gasteiger charge is -2.07. The minimum absolute atomic E-state index is 0.0265. The predicted octanol–water partition coefficient (Wildman–Crippen LogP) is 1.27. The van der Waals surface area contributed by atoms with E-state index in [0.29, 0.717) is 6.54 Å². The van der Waals surface area contributed by atoms with Gasteiger partial charge in [-0.2, -0.15) is 0 Å². The van der Waals surface area contributed by atoms with Crippen LogP contribution >= 0.6 is 0 Å². The van der Waals surface area contributed by atoms with E-state index in [9.17, 15) is 9.59 Å². The molecule has 0 fully saturated rings. The van der Waals surface area contributed by atoms with Crippen LogP contribution in [0.2, 0.25) is 0 Å². The number of unbranched alkanes of at least 4 members (excludes halogenated alkanes) is 1. The van der Waals surface area contributed by atoms with Crippen molar-refractivity contribution in [3.05, 3.63) is 29.8 Å². The van der Waals surface area contributed by atoms with E-state index < -0.39 is 0 Å². The molecule has 110 valence electrons. The van der Waals surface area contributed by atoms with E-state index in [4.69, 9.17) is 4.74 Å². The maximum Gasteiger partial charge on any atom is 0.239 e. The molecular weight excluding hydrogens is 256 g/mol. The number of hydrogen-bond donors (Lipinski definition) is 2. The lowest BCUT2D eigenvalue weighted by molar-refractivity contribution is -0.125. The van der Waals surface area contributed by atoms with Gasteiger partial charge in [0.15, 0.2) is 0 Å². The van der Waals surface area contributed by atoms with Crippen LogP contribution in [0, 0.1) is 0 Å². The lowest BCUT2D eigenvalue weighted by Crippen LogP contribution is -2.37. The second-order valence-electron chi connectivity index (χ2n) is 4.51. The first-order valence-electron chi connectivity index (χ1n) is 6.82. The van der Waals surface area contributed by atoms with Crippen molar-refractivity contribution in [1.29, 1.82) is 0 Å². The summed E-state index contributed by atoms with van der Waals surface area (Å²) in [5, 5.41) is 5.35. The summed E-state index contributed by atoms with van der Waals surface area (Å²) in [6.07, 6.45) is 2.24. The first kappa shape index (κ1) is 16.0. The quantitative estimate of drug-likeness (QED) is 0.704. The summed E-state index contributed by atoms with van der Waals surface area (Å²) in [5.74, 6) is 0.437. The highest BCUT2D eigenvalue weighted by atomic mass is 16.5. The summed E-state index contributed by atoms with van der Waals surface area (Å²) in [6, 6.07) is 7.28. The standard InChI is InChI=1S/C15H22N2O3/c1-3-4-9-16-15(19)11-17-14(18)10-12-5-7-13(20-2)8-6-12/h5-8H,3-4,9-11H2,1-2H3,(H,16,19)(H,17,18). The van der Waals surface area contributed by atoms with Crippen molar-refractivity contribution in [2.24, 2.45) is 0 Å². The molecule has 1 aromatic carbocycles. The van der Waals surface area contributed by atoms with E-state index >= 15 is 0 Å². The number of nitrogens with one attached hydrogen (secondary N) is 2. The fourth-order valence-corrected chi connectivity index (χ4v) is 1.64. The number of methoxy groups -OCH3 is 1. The molecule has 5 nitrogen and oxygen atoms in total. The second kappa shape index (κ2) is 8.96. The molecule has 2 amide bonds. The van der Waals surface area contributed by atoms with E-state index in [-0.39, 0.29) is 24.8 Å². The van der Waals surface area contributed by atoms with Crippen LogP contribution in [0.5, 0.6) is 5.75 Å². The van der Waals surface area contributed by atoms with E-state index in [1.54, 1.807) is 19.2 Å². The Morgan fingerprint density at radius 3 is 2.40 bits per heavy atom. The Balaban J connectivity index is 2.27. The Bertz CT molecular complexity index is 429. The van der Waals surface area contributed by atoms with Crippen molar-refractivity contribution >= 4 is 11.8 Å². The molecule has 0 radical (unpaired) electrons. The van der Waals surface area contributed by atoms with Gasteiger partial charge in [0, 0.05) is 6.54 Å². The zero-order valence-electron chi connectivity index (χ0n) is 12.1. The van der Waals surface area contributed by atoms with Crippen LogP contribution in [0.3, 0.4) is 0 Å². The molecule has 0 aromatic heterocycles. The van der Waals surface area contributed by atoms with Gasteiger partial charge in [0.25, 0.3) is 0 Å². The van der Waals surface area contributed by atoms with Crippen molar-refractivity contribution in [2.75, 3.05) is 20.2 Å². The van der Waals surface area contributed by atoms with Crippen LogP contribution in [-0.2, 0) is 16.0 Å². The third-order valence-electron chi connectivity index (χ3n) is 2.82. The van der Waals surface area contributed by atoms with Crippen LogP contribution in [-0.4, -0.2) is 32.0 Å². The molecule has 1 aromatic rings. The number of benzene rings is 1. The van der Waals surface area contributed by atoms with Gasteiger partial charge in [-0.1, -0.05) is 25.5 Å². The highest BCUT2D eigenvalue weighted by molar-refractivity contribution is 5.85. The van der Waals surface area contributed by atoms with Crippen molar-refractivity contribution < 1.29 is 14.3 Å². The average Bonchev–Trinajstić information content (AvgIpc) is 2.46. The highest BCUT2D eigenvalue weighted by Gasteiger charge is 2.06. The van der Waals surface area contributed by atoms with Gasteiger partial charge in [-0.15, -0.1) is 0 Å². The number of carbonyl (C=O) groups excluding carboxylic acids is 2. The minimum Gasteiger partial charge on any atom is -0.497 e. The maximum atomic E-state index is 11.7. The molecule has 0 saturated carbocycles. The monoisotopic (exact) mass is 278 g/mol. The number of hydrogen-bond acceptors (Lipinski definition) is 3. The summed E-state index contributed by atoms with van der Waals surface area (Å²) in [6.45, 7) is 2.74. The summed E-state index contributed by atoms with van der Waals surface area (Å²) in [4.78, 5) is 23.1. The van der Waals surface area contributed by atoms with Gasteiger partial charge in [0.2, 0.25) is 11.8 Å². The molecule has 0 aliphatic heterocycles. The van der Waals surface area contributed by atoms with Crippen LogP contribution in [0.4, 0.5) is 0 Å². The van der Waals surface area contributed by atoms with Crippen LogP contribution in [0.15, 0.2) is 24.3 Å². The summed E-state index contributed by atoms with van der Waals surface area (Å²) in [7, 11) is 1.60. The van der Waals surface area contributed by atoms with Gasteiger partial charge in [-0.25, -0.2) is 0 Å². The molecule has 0 atom stereocenters. The molecule has 0 aliphatic rings. The average molecular weight is 278 g/mol. The van der Waals surface area contributed by atoms with Crippen molar-refractivity contribution in [3.8, 4) is 5.75 Å². The Morgan fingerprint density at radius 1 is 1.10 bits per heavy atom. The van der Waals surface area contributed by atoms with E-state index in [1.807, 2.05) is 12.1 Å². The van der Waals surface area contributed by atoms with Gasteiger partial charge < -0.3 is 15.4 Å². The molecular formula is C15H22N2O3. The summed E-state index contributed by atoms with van der Waals surface area (Å²) < 4.78 is 5.05. The number of carbonyl (C=O) groups is 2. The summed E-state index contributed by atoms with van der Waals surface area (Å²) >= 11 is 0. The molecule has 0 aliphatic carbocycles. The second-order valence-corrected chi connectivity index (χ2v) is 4.51. The van der Waals surface area contributed by atoms with Gasteiger partial charge in [-0.05, 0) is 24.1 Å². The first-order chi connectivity index (χ1) is 9.65. The van der Waals surface area contributed by atoms with Crippen molar-refractivity contribution in [3.63, 3.8) is 0 Å². The van der Waals surface area contributed by atoms with E-state index in [1.165, 1.54) is 0 Å². The molecule has 1 rings (SSSR count). The van der Waals surface area contributed by atoms with Crippen LogP contribution in [0.1, 0.15) is 25.3 Å². The largest absolute Gasteiger partial charge is 0.497 e. The molecule has 0 spiro atoms. The minimum atomic E-state index is -0.166. The zero-order valence-corrected chi connectivity index (χ0v) is 12.1. The van der Waals surface area contributed by atoms with E-state index in [2.05, 4.69) is 17.6 Å². The Kier molecular flexibility index (Phi) is 7.17. The SMILES string of the molecule is CCCCNC(=O)CNC(=O)Cc1ccc(OC)cc1. The number of amides is 2. The predicted molar refractivity (Wildman–Crippen MR) is 77.6 cm³/mol. The Hall–Kier alpha value is -2.04. The van der Waals surface area contributed by atoms with Gasteiger partial charge in [-0.3, -0.25) is 9.59 Å². The summed E-state index contributed by atoms with van der Waals surface area (Å²) in [5.41, 5.74) is 0.884. The fraction of sp³-hybridized carbons (Fsp3) is 0.467. The first-order valence-corrected chi connectivity index (χ1v) is 6.82. The smallest absolute Gasteiger partial charge is 0.239 e. The third kappa shape index (κ3) is 6.22. The molecule has 2 N–H and O–H groups in total. The van der Waals surface area contributed by atoms with E-state index in [0.717, 1.165) is 24.2 Å². The van der Waals surface area contributed by atoms with Crippen molar-refractivity contribution in [1.82, 2.24) is 10.6 Å². The third-order valence-corrected chi connectivity index (χ3v) is 2.82. The normalized spacial score (nSPS) is 9.90. The van der Waals surface area contributed by atoms with Crippen LogP contribution in [0.25, 0.3) is 0 Å².